The van der Waals surface area contributed by atoms with E-state index in [1.807, 2.05) is 6.92 Å². The van der Waals surface area contributed by atoms with Crippen LogP contribution in [0, 0.1) is 5.92 Å². The predicted octanol–water partition coefficient (Wildman–Crippen LogP) is 2.37. The van der Waals surface area contributed by atoms with Crippen LogP contribution in [0.25, 0.3) is 0 Å². The van der Waals surface area contributed by atoms with Gasteiger partial charge in [-0.15, -0.1) is 0 Å². The molecule has 0 aromatic rings. The Morgan fingerprint density at radius 3 is 2.88 bits per heavy atom. The Bertz CT molecular complexity index is 273. The molecule has 0 saturated carbocycles. The van der Waals surface area contributed by atoms with E-state index in [1.54, 1.807) is 0 Å². The fraction of sp³-hybridized carbons (Fsp3) is 0.786. The Kier molecular flexibility index (Phi) is 6.27. The van der Waals surface area contributed by atoms with Crippen molar-refractivity contribution in [1.29, 1.82) is 0 Å². The maximum absolute atomic E-state index is 11.7. The molecule has 2 atom stereocenters. The van der Waals surface area contributed by atoms with Gasteiger partial charge >= 0.3 is 0 Å². The van der Waals surface area contributed by atoms with Gasteiger partial charge in [-0.1, -0.05) is 31.9 Å². The van der Waals surface area contributed by atoms with Gasteiger partial charge in [-0.3, -0.25) is 4.79 Å². The van der Waals surface area contributed by atoms with Crippen LogP contribution in [-0.2, 0) is 4.79 Å². The van der Waals surface area contributed by atoms with E-state index >= 15 is 0 Å². The van der Waals surface area contributed by atoms with Crippen molar-refractivity contribution in [3.8, 4) is 0 Å². The normalized spacial score (nSPS) is 19.4. The van der Waals surface area contributed by atoms with Crippen molar-refractivity contribution in [2.24, 2.45) is 11.7 Å². The average Bonchev–Trinajstić information content (AvgIpc) is 2.38. The number of amides is 1. The maximum Gasteiger partial charge on any atom is 0.237 e. The number of rotatable bonds is 6. The molecule has 1 amide bonds. The second kappa shape index (κ2) is 7.49. The first-order valence-electron chi connectivity index (χ1n) is 6.86. The number of allylic oxidation sites excluding steroid dienone is 1. The molecule has 98 valence electrons. The molecule has 0 bridgehead atoms. The number of carbonyl (C=O) groups is 1. The monoisotopic (exact) mass is 238 g/mol. The van der Waals surface area contributed by atoms with E-state index < -0.39 is 0 Å². The van der Waals surface area contributed by atoms with Gasteiger partial charge in [-0.05, 0) is 38.0 Å². The van der Waals surface area contributed by atoms with Crippen LogP contribution in [-0.4, -0.2) is 18.5 Å². The predicted molar refractivity (Wildman–Crippen MR) is 71.6 cm³/mol. The van der Waals surface area contributed by atoms with Crippen LogP contribution >= 0.6 is 0 Å². The standard InChI is InChI=1S/C14H26N2O/c1-3-11(2)13(15)14(17)16-10-9-12-7-5-4-6-8-12/h7,11,13H,3-6,8-10,15H2,1-2H3,(H,16,17)/t11-,13-/m0/s1. The summed E-state index contributed by atoms with van der Waals surface area (Å²) in [6.45, 7) is 4.81. The van der Waals surface area contributed by atoms with Crippen LogP contribution in [0.3, 0.4) is 0 Å². The first-order valence-corrected chi connectivity index (χ1v) is 6.86. The summed E-state index contributed by atoms with van der Waals surface area (Å²) in [5, 5.41) is 2.94. The zero-order chi connectivity index (χ0) is 12.7. The molecular weight excluding hydrogens is 212 g/mol. The van der Waals surface area contributed by atoms with Crippen molar-refractivity contribution in [1.82, 2.24) is 5.32 Å². The molecule has 0 aliphatic heterocycles. The minimum Gasteiger partial charge on any atom is -0.354 e. The number of nitrogens with two attached hydrogens (primary N) is 1. The van der Waals surface area contributed by atoms with Crippen LogP contribution in [0.15, 0.2) is 11.6 Å². The molecule has 0 radical (unpaired) electrons. The molecule has 17 heavy (non-hydrogen) atoms. The Morgan fingerprint density at radius 1 is 1.53 bits per heavy atom. The third-order valence-electron chi connectivity index (χ3n) is 3.69. The summed E-state index contributed by atoms with van der Waals surface area (Å²) in [5.74, 6) is 0.250. The fourth-order valence-electron chi connectivity index (χ4n) is 2.11. The SMILES string of the molecule is CC[C@H](C)[C@H](N)C(=O)NCCC1=CCCCC1. The van der Waals surface area contributed by atoms with Crippen molar-refractivity contribution in [2.75, 3.05) is 6.54 Å². The lowest BCUT2D eigenvalue weighted by Crippen LogP contribution is -2.44. The minimum atomic E-state index is -0.361. The summed E-state index contributed by atoms with van der Waals surface area (Å²) in [6.07, 6.45) is 9.27. The van der Waals surface area contributed by atoms with Crippen LogP contribution in [0.4, 0.5) is 0 Å². The second-order valence-corrected chi connectivity index (χ2v) is 5.06. The lowest BCUT2D eigenvalue weighted by molar-refractivity contribution is -0.123. The minimum absolute atomic E-state index is 0.00393. The van der Waals surface area contributed by atoms with E-state index in [2.05, 4.69) is 18.3 Å². The zero-order valence-corrected chi connectivity index (χ0v) is 11.2. The molecule has 3 nitrogen and oxygen atoms in total. The fourth-order valence-corrected chi connectivity index (χ4v) is 2.11. The Hall–Kier alpha value is -0.830. The van der Waals surface area contributed by atoms with Gasteiger partial charge in [0.05, 0.1) is 6.04 Å². The van der Waals surface area contributed by atoms with E-state index in [0.717, 1.165) is 19.4 Å². The third-order valence-corrected chi connectivity index (χ3v) is 3.69. The molecule has 0 spiro atoms. The molecule has 3 heteroatoms. The number of carbonyl (C=O) groups excluding carboxylic acids is 1. The molecule has 1 aliphatic rings. The quantitative estimate of drug-likeness (QED) is 0.698. The zero-order valence-electron chi connectivity index (χ0n) is 11.2. The Balaban J connectivity index is 2.21. The van der Waals surface area contributed by atoms with Gasteiger partial charge in [-0.25, -0.2) is 0 Å². The van der Waals surface area contributed by atoms with Crippen molar-refractivity contribution in [2.45, 2.75) is 58.4 Å². The molecule has 3 N–H and O–H groups in total. The Labute approximate surface area is 105 Å². The maximum atomic E-state index is 11.7. The number of nitrogens with one attached hydrogen (secondary N) is 1. The van der Waals surface area contributed by atoms with Gasteiger partial charge in [0.1, 0.15) is 0 Å². The van der Waals surface area contributed by atoms with Crippen LogP contribution < -0.4 is 11.1 Å². The molecule has 0 saturated heterocycles. The summed E-state index contributed by atoms with van der Waals surface area (Å²) in [6, 6.07) is -0.361. The molecule has 0 unspecified atom stereocenters. The topological polar surface area (TPSA) is 55.1 Å². The first-order chi connectivity index (χ1) is 8.15. The van der Waals surface area contributed by atoms with Crippen LogP contribution in [0.5, 0.6) is 0 Å². The van der Waals surface area contributed by atoms with E-state index in [-0.39, 0.29) is 17.9 Å². The van der Waals surface area contributed by atoms with Gasteiger partial charge in [0.25, 0.3) is 0 Å². The molecule has 0 aromatic carbocycles. The number of hydrogen-bond acceptors (Lipinski definition) is 2. The molecule has 0 aromatic heterocycles. The summed E-state index contributed by atoms with van der Waals surface area (Å²) in [4.78, 5) is 11.7. The van der Waals surface area contributed by atoms with Gasteiger partial charge < -0.3 is 11.1 Å². The highest BCUT2D eigenvalue weighted by molar-refractivity contribution is 5.81. The van der Waals surface area contributed by atoms with Gasteiger partial charge in [0.2, 0.25) is 5.91 Å². The van der Waals surface area contributed by atoms with Crippen molar-refractivity contribution in [3.63, 3.8) is 0 Å². The molecule has 1 rings (SSSR count). The van der Waals surface area contributed by atoms with Crippen molar-refractivity contribution < 1.29 is 4.79 Å². The first kappa shape index (κ1) is 14.2. The molecule has 0 fully saturated rings. The highest BCUT2D eigenvalue weighted by Gasteiger charge is 2.18. The largest absolute Gasteiger partial charge is 0.354 e. The highest BCUT2D eigenvalue weighted by Crippen LogP contribution is 2.19. The summed E-state index contributed by atoms with van der Waals surface area (Å²) in [5.41, 5.74) is 7.36. The van der Waals surface area contributed by atoms with E-state index in [9.17, 15) is 4.79 Å². The van der Waals surface area contributed by atoms with Gasteiger partial charge in [0.15, 0.2) is 0 Å². The average molecular weight is 238 g/mol. The third kappa shape index (κ3) is 4.90. The van der Waals surface area contributed by atoms with E-state index in [0.29, 0.717) is 0 Å². The van der Waals surface area contributed by atoms with Crippen LogP contribution in [0.2, 0.25) is 0 Å². The Morgan fingerprint density at radius 2 is 2.29 bits per heavy atom. The smallest absolute Gasteiger partial charge is 0.237 e. The summed E-state index contributed by atoms with van der Waals surface area (Å²) in [7, 11) is 0. The molecule has 0 heterocycles. The summed E-state index contributed by atoms with van der Waals surface area (Å²) >= 11 is 0. The van der Waals surface area contributed by atoms with E-state index in [1.165, 1.54) is 31.3 Å². The second-order valence-electron chi connectivity index (χ2n) is 5.06. The van der Waals surface area contributed by atoms with Crippen molar-refractivity contribution in [3.05, 3.63) is 11.6 Å². The van der Waals surface area contributed by atoms with E-state index in [4.69, 9.17) is 5.73 Å². The van der Waals surface area contributed by atoms with Gasteiger partial charge in [0, 0.05) is 6.54 Å². The van der Waals surface area contributed by atoms with Crippen LogP contribution in [0.1, 0.15) is 52.4 Å². The lowest BCUT2D eigenvalue weighted by Gasteiger charge is -2.18. The van der Waals surface area contributed by atoms with Crippen molar-refractivity contribution >= 4 is 5.91 Å². The number of hydrogen-bond donors (Lipinski definition) is 2. The lowest BCUT2D eigenvalue weighted by atomic mass is 9.97. The highest BCUT2D eigenvalue weighted by atomic mass is 16.2. The van der Waals surface area contributed by atoms with Gasteiger partial charge in [-0.2, -0.15) is 0 Å². The summed E-state index contributed by atoms with van der Waals surface area (Å²) < 4.78 is 0. The molecule has 1 aliphatic carbocycles. The molecular formula is C14H26N2O.